The maximum absolute atomic E-state index is 12.3. The molecule has 6 nitrogen and oxygen atoms in total. The van der Waals surface area contributed by atoms with Crippen LogP contribution in [0.3, 0.4) is 0 Å². The summed E-state index contributed by atoms with van der Waals surface area (Å²) in [7, 11) is -2.09. The lowest BCUT2D eigenvalue weighted by atomic mass is 10.2. The molecule has 1 amide bonds. The summed E-state index contributed by atoms with van der Waals surface area (Å²) in [5, 5.41) is 2.71. The summed E-state index contributed by atoms with van der Waals surface area (Å²) < 4.78 is 32.2. The molecule has 2 rings (SSSR count). The van der Waals surface area contributed by atoms with E-state index in [2.05, 4.69) is 10.0 Å². The minimum atomic E-state index is -3.64. The van der Waals surface area contributed by atoms with Gasteiger partial charge in [-0.3, -0.25) is 4.79 Å². The quantitative estimate of drug-likeness (QED) is 0.793. The molecule has 7 heteroatoms. The molecule has 0 aliphatic heterocycles. The molecule has 0 atom stereocenters. The van der Waals surface area contributed by atoms with E-state index in [9.17, 15) is 13.2 Å². The molecule has 0 radical (unpaired) electrons. The van der Waals surface area contributed by atoms with Gasteiger partial charge in [0, 0.05) is 24.7 Å². The summed E-state index contributed by atoms with van der Waals surface area (Å²) in [6.45, 7) is 3.67. The summed E-state index contributed by atoms with van der Waals surface area (Å²) in [6.07, 6.45) is 0.0291. The summed E-state index contributed by atoms with van der Waals surface area (Å²) in [5.74, 6) is 0.352. The highest BCUT2D eigenvalue weighted by molar-refractivity contribution is 7.89. The number of sulfonamides is 1. The molecular formula is C18H22N2O4S. The van der Waals surface area contributed by atoms with Crippen LogP contribution >= 0.6 is 0 Å². The largest absolute Gasteiger partial charge is 0.497 e. The number of aryl methyl sites for hydroxylation is 2. The number of carbonyl (C=O) groups excluding carboxylic acids is 1. The predicted octanol–water partition coefficient (Wildman–Crippen LogP) is 2.62. The summed E-state index contributed by atoms with van der Waals surface area (Å²) in [6, 6.07) is 12.1. The average Bonchev–Trinajstić information content (AvgIpc) is 2.54. The molecule has 0 saturated carbocycles. The molecule has 0 aliphatic rings. The number of ether oxygens (including phenoxy) is 1. The standard InChI is InChI=1S/C18H22N2O4S/c1-13-7-8-17(14(2)11-13)25(22,23)19-10-9-18(21)20-15-5-4-6-16(12-15)24-3/h4-8,11-12,19H,9-10H2,1-3H3,(H,20,21). The lowest BCUT2D eigenvalue weighted by molar-refractivity contribution is -0.116. The van der Waals surface area contributed by atoms with Gasteiger partial charge in [-0.05, 0) is 37.6 Å². The van der Waals surface area contributed by atoms with E-state index < -0.39 is 10.0 Å². The van der Waals surface area contributed by atoms with E-state index >= 15 is 0 Å². The molecule has 2 aromatic rings. The van der Waals surface area contributed by atoms with E-state index in [1.165, 1.54) is 0 Å². The molecule has 134 valence electrons. The van der Waals surface area contributed by atoms with Gasteiger partial charge < -0.3 is 10.1 Å². The van der Waals surface area contributed by atoms with E-state index in [0.29, 0.717) is 17.0 Å². The molecule has 2 aromatic carbocycles. The van der Waals surface area contributed by atoms with Crippen molar-refractivity contribution in [1.29, 1.82) is 0 Å². The maximum atomic E-state index is 12.3. The van der Waals surface area contributed by atoms with Gasteiger partial charge in [0.1, 0.15) is 5.75 Å². The lowest BCUT2D eigenvalue weighted by Crippen LogP contribution is -2.28. The highest BCUT2D eigenvalue weighted by Gasteiger charge is 2.16. The van der Waals surface area contributed by atoms with Crippen molar-refractivity contribution in [3.05, 3.63) is 53.6 Å². The fraction of sp³-hybridized carbons (Fsp3) is 0.278. The minimum Gasteiger partial charge on any atom is -0.497 e. The van der Waals surface area contributed by atoms with Crippen LogP contribution in [0.4, 0.5) is 5.69 Å². The second-order valence-electron chi connectivity index (χ2n) is 5.70. The summed E-state index contributed by atoms with van der Waals surface area (Å²) in [5.41, 5.74) is 2.27. The Morgan fingerprint density at radius 1 is 1.12 bits per heavy atom. The van der Waals surface area contributed by atoms with E-state index in [-0.39, 0.29) is 23.8 Å². The van der Waals surface area contributed by atoms with Crippen LogP contribution in [-0.2, 0) is 14.8 Å². The van der Waals surface area contributed by atoms with Crippen LogP contribution in [0.5, 0.6) is 5.75 Å². The normalized spacial score (nSPS) is 11.2. The van der Waals surface area contributed by atoms with Gasteiger partial charge in [-0.2, -0.15) is 0 Å². The maximum Gasteiger partial charge on any atom is 0.240 e. The monoisotopic (exact) mass is 362 g/mol. The third-order valence-electron chi connectivity index (χ3n) is 3.62. The molecule has 0 fully saturated rings. The van der Waals surface area contributed by atoms with E-state index in [1.807, 2.05) is 13.0 Å². The van der Waals surface area contributed by atoms with Gasteiger partial charge in [-0.25, -0.2) is 13.1 Å². The topological polar surface area (TPSA) is 84.5 Å². The zero-order valence-corrected chi connectivity index (χ0v) is 15.3. The van der Waals surface area contributed by atoms with Crippen molar-refractivity contribution in [2.24, 2.45) is 0 Å². The molecule has 0 aromatic heterocycles. The number of methoxy groups -OCH3 is 1. The second kappa shape index (κ2) is 8.13. The fourth-order valence-corrected chi connectivity index (χ4v) is 3.66. The third-order valence-corrected chi connectivity index (χ3v) is 5.24. The molecular weight excluding hydrogens is 340 g/mol. The number of hydrogen-bond acceptors (Lipinski definition) is 4. The molecule has 0 aliphatic carbocycles. The van der Waals surface area contributed by atoms with Crippen LogP contribution < -0.4 is 14.8 Å². The molecule has 0 bridgehead atoms. The third kappa shape index (κ3) is 5.30. The van der Waals surface area contributed by atoms with Crippen molar-refractivity contribution < 1.29 is 17.9 Å². The van der Waals surface area contributed by atoms with Gasteiger partial charge >= 0.3 is 0 Å². The van der Waals surface area contributed by atoms with Crippen molar-refractivity contribution in [3.8, 4) is 5.75 Å². The molecule has 2 N–H and O–H groups in total. The Morgan fingerprint density at radius 2 is 1.88 bits per heavy atom. The number of hydrogen-bond donors (Lipinski definition) is 2. The van der Waals surface area contributed by atoms with Crippen LogP contribution in [0.25, 0.3) is 0 Å². The smallest absolute Gasteiger partial charge is 0.240 e. The molecule has 0 spiro atoms. The first kappa shape index (κ1) is 19.0. The van der Waals surface area contributed by atoms with Crippen LogP contribution in [0.1, 0.15) is 17.5 Å². The van der Waals surface area contributed by atoms with Gasteiger partial charge in [0.25, 0.3) is 0 Å². The van der Waals surface area contributed by atoms with Gasteiger partial charge in [-0.1, -0.05) is 23.8 Å². The number of carbonyl (C=O) groups is 1. The van der Waals surface area contributed by atoms with Crippen molar-refractivity contribution in [2.45, 2.75) is 25.2 Å². The summed E-state index contributed by atoms with van der Waals surface area (Å²) in [4.78, 5) is 12.2. The van der Waals surface area contributed by atoms with Gasteiger partial charge in [0.15, 0.2) is 0 Å². The highest BCUT2D eigenvalue weighted by Crippen LogP contribution is 2.17. The van der Waals surface area contributed by atoms with Crippen molar-refractivity contribution in [2.75, 3.05) is 19.0 Å². The Hall–Kier alpha value is -2.38. The number of benzene rings is 2. The first-order valence-corrected chi connectivity index (χ1v) is 9.31. The van der Waals surface area contributed by atoms with Crippen molar-refractivity contribution in [1.82, 2.24) is 4.72 Å². The molecule has 0 heterocycles. The van der Waals surface area contributed by atoms with Gasteiger partial charge in [0.2, 0.25) is 15.9 Å². The number of rotatable bonds is 7. The lowest BCUT2D eigenvalue weighted by Gasteiger charge is -2.10. The van der Waals surface area contributed by atoms with E-state index in [0.717, 1.165) is 5.56 Å². The second-order valence-corrected chi connectivity index (χ2v) is 7.43. The van der Waals surface area contributed by atoms with E-state index in [4.69, 9.17) is 4.74 Å². The van der Waals surface area contributed by atoms with Crippen LogP contribution in [0.2, 0.25) is 0 Å². The zero-order valence-electron chi connectivity index (χ0n) is 14.5. The van der Waals surface area contributed by atoms with Crippen molar-refractivity contribution in [3.63, 3.8) is 0 Å². The Balaban J connectivity index is 1.91. The Kier molecular flexibility index (Phi) is 6.17. The van der Waals surface area contributed by atoms with Gasteiger partial charge in [0.05, 0.1) is 12.0 Å². The summed E-state index contributed by atoms with van der Waals surface area (Å²) >= 11 is 0. The van der Waals surface area contributed by atoms with Crippen molar-refractivity contribution >= 4 is 21.6 Å². The number of nitrogens with one attached hydrogen (secondary N) is 2. The molecule has 0 saturated heterocycles. The van der Waals surface area contributed by atoms with Crippen LogP contribution in [0, 0.1) is 13.8 Å². The number of anilines is 1. The molecule has 25 heavy (non-hydrogen) atoms. The molecule has 0 unspecified atom stereocenters. The predicted molar refractivity (Wildman–Crippen MR) is 97.3 cm³/mol. The first-order chi connectivity index (χ1) is 11.8. The Bertz CT molecular complexity index is 863. The van der Waals surface area contributed by atoms with Gasteiger partial charge in [-0.15, -0.1) is 0 Å². The van der Waals surface area contributed by atoms with E-state index in [1.54, 1.807) is 50.4 Å². The Morgan fingerprint density at radius 3 is 2.56 bits per heavy atom. The van der Waals surface area contributed by atoms with Crippen LogP contribution in [-0.4, -0.2) is 28.0 Å². The fourth-order valence-electron chi connectivity index (χ4n) is 2.40. The first-order valence-electron chi connectivity index (χ1n) is 7.82. The zero-order chi connectivity index (χ0) is 18.4. The highest BCUT2D eigenvalue weighted by atomic mass is 32.2. The average molecular weight is 362 g/mol. The Labute approximate surface area is 148 Å². The minimum absolute atomic E-state index is 0.0193. The SMILES string of the molecule is COc1cccc(NC(=O)CCNS(=O)(=O)c2ccc(C)cc2C)c1. The number of amides is 1. The van der Waals surface area contributed by atoms with Crippen LogP contribution in [0.15, 0.2) is 47.4 Å².